The van der Waals surface area contributed by atoms with Crippen LogP contribution in [0, 0.1) is 5.92 Å². The minimum absolute atomic E-state index is 0.0864. The first kappa shape index (κ1) is 13.0. The molecular formula is C12H15N5O2S. The molecule has 0 aliphatic heterocycles. The van der Waals surface area contributed by atoms with E-state index in [1.54, 1.807) is 6.07 Å². The maximum atomic E-state index is 12.0. The van der Waals surface area contributed by atoms with Crippen LogP contribution >= 0.6 is 11.3 Å². The Kier molecular flexibility index (Phi) is 3.64. The molecule has 3 rings (SSSR count). The van der Waals surface area contributed by atoms with Crippen LogP contribution in [-0.4, -0.2) is 32.2 Å². The largest absolute Gasteiger partial charge is 0.369 e. The van der Waals surface area contributed by atoms with Crippen molar-refractivity contribution in [1.29, 1.82) is 0 Å². The molecule has 0 aromatic carbocycles. The molecule has 1 amide bonds. The van der Waals surface area contributed by atoms with Gasteiger partial charge in [0.1, 0.15) is 11.5 Å². The number of nitrogens with one attached hydrogen (secondary N) is 1. The standard InChI is InChI=1S/C12H15N5O2S/c18-10(13-7-9-3-1-4-9)8-16-12(19)17(15-14-16)11-5-2-6-20-11/h2,5-6,9H,1,3-4,7-8H2,(H,13,18). The number of aromatic nitrogens is 4. The van der Waals surface area contributed by atoms with Gasteiger partial charge in [-0.3, -0.25) is 4.79 Å². The molecule has 2 aromatic rings. The zero-order valence-electron chi connectivity index (χ0n) is 10.9. The van der Waals surface area contributed by atoms with Gasteiger partial charge in [-0.05, 0) is 46.7 Å². The normalized spacial score (nSPS) is 15.0. The van der Waals surface area contributed by atoms with Crippen LogP contribution in [0.3, 0.4) is 0 Å². The molecule has 2 heterocycles. The van der Waals surface area contributed by atoms with Crippen LogP contribution in [0.5, 0.6) is 0 Å². The lowest BCUT2D eigenvalue weighted by molar-refractivity contribution is -0.122. The highest BCUT2D eigenvalue weighted by molar-refractivity contribution is 7.12. The summed E-state index contributed by atoms with van der Waals surface area (Å²) in [6.07, 6.45) is 3.60. The van der Waals surface area contributed by atoms with E-state index in [1.165, 1.54) is 35.3 Å². The Morgan fingerprint density at radius 3 is 2.95 bits per heavy atom. The summed E-state index contributed by atoms with van der Waals surface area (Å²) in [6.45, 7) is 0.601. The molecular weight excluding hydrogens is 278 g/mol. The SMILES string of the molecule is O=C(Cn1nnn(-c2cccs2)c1=O)NCC1CCC1. The van der Waals surface area contributed by atoms with E-state index in [2.05, 4.69) is 15.7 Å². The van der Waals surface area contributed by atoms with Crippen LogP contribution in [-0.2, 0) is 11.3 Å². The number of hydrogen-bond acceptors (Lipinski definition) is 5. The molecule has 0 bridgehead atoms. The maximum Gasteiger partial charge on any atom is 0.369 e. The fourth-order valence-corrected chi connectivity index (χ4v) is 2.72. The Balaban J connectivity index is 1.62. The van der Waals surface area contributed by atoms with Gasteiger partial charge in [-0.2, -0.15) is 9.36 Å². The van der Waals surface area contributed by atoms with Crippen LogP contribution in [0.2, 0.25) is 0 Å². The lowest BCUT2D eigenvalue weighted by Crippen LogP contribution is -2.37. The third-order valence-electron chi connectivity index (χ3n) is 3.46. The van der Waals surface area contributed by atoms with Crippen LogP contribution < -0.4 is 11.0 Å². The van der Waals surface area contributed by atoms with Crippen molar-refractivity contribution in [1.82, 2.24) is 25.1 Å². The summed E-state index contributed by atoms with van der Waals surface area (Å²) in [6, 6.07) is 3.61. The first-order valence-electron chi connectivity index (χ1n) is 6.57. The van der Waals surface area contributed by atoms with Gasteiger partial charge in [0, 0.05) is 6.54 Å². The number of carbonyl (C=O) groups is 1. The average molecular weight is 293 g/mol. The lowest BCUT2D eigenvalue weighted by Gasteiger charge is -2.25. The molecule has 1 aliphatic carbocycles. The summed E-state index contributed by atoms with van der Waals surface area (Å²) >= 11 is 1.39. The van der Waals surface area contributed by atoms with Crippen LogP contribution in [0.1, 0.15) is 19.3 Å². The predicted molar refractivity (Wildman–Crippen MR) is 73.8 cm³/mol. The smallest absolute Gasteiger partial charge is 0.354 e. The van der Waals surface area contributed by atoms with E-state index in [9.17, 15) is 9.59 Å². The zero-order chi connectivity index (χ0) is 13.9. The van der Waals surface area contributed by atoms with E-state index in [1.807, 2.05) is 11.4 Å². The van der Waals surface area contributed by atoms with Crippen molar-refractivity contribution in [2.75, 3.05) is 6.54 Å². The third-order valence-corrected chi connectivity index (χ3v) is 4.30. The van der Waals surface area contributed by atoms with E-state index >= 15 is 0 Å². The quantitative estimate of drug-likeness (QED) is 0.865. The Labute approximate surface area is 119 Å². The topological polar surface area (TPSA) is 81.8 Å². The molecule has 1 fully saturated rings. The van der Waals surface area contributed by atoms with Crippen LogP contribution in [0.25, 0.3) is 5.00 Å². The number of thiophene rings is 1. The third kappa shape index (κ3) is 2.64. The first-order chi connectivity index (χ1) is 9.74. The van der Waals surface area contributed by atoms with Gasteiger partial charge in [-0.15, -0.1) is 11.3 Å². The molecule has 1 aliphatic rings. The highest BCUT2D eigenvalue weighted by atomic mass is 32.1. The van der Waals surface area contributed by atoms with Gasteiger partial charge in [0.15, 0.2) is 0 Å². The van der Waals surface area contributed by atoms with E-state index in [-0.39, 0.29) is 12.5 Å². The van der Waals surface area contributed by atoms with Gasteiger partial charge < -0.3 is 5.32 Å². The summed E-state index contributed by atoms with van der Waals surface area (Å²) in [5.41, 5.74) is -0.397. The Bertz CT molecular complexity index is 641. The fourth-order valence-electron chi connectivity index (χ4n) is 2.05. The molecule has 0 saturated heterocycles. The van der Waals surface area contributed by atoms with Crippen LogP contribution in [0.15, 0.2) is 22.3 Å². The van der Waals surface area contributed by atoms with E-state index in [4.69, 9.17) is 0 Å². The summed E-state index contributed by atoms with van der Waals surface area (Å²) in [7, 11) is 0. The lowest BCUT2D eigenvalue weighted by atomic mass is 9.85. The summed E-state index contributed by atoms with van der Waals surface area (Å²) in [4.78, 5) is 23.8. The zero-order valence-corrected chi connectivity index (χ0v) is 11.7. The van der Waals surface area contributed by atoms with Gasteiger partial charge in [0.25, 0.3) is 0 Å². The monoisotopic (exact) mass is 293 g/mol. The minimum Gasteiger partial charge on any atom is -0.354 e. The van der Waals surface area contributed by atoms with Crippen molar-refractivity contribution in [2.24, 2.45) is 5.92 Å². The highest BCUT2D eigenvalue weighted by Crippen LogP contribution is 2.25. The van der Waals surface area contributed by atoms with Gasteiger partial charge in [-0.25, -0.2) is 4.79 Å². The Morgan fingerprint density at radius 2 is 2.30 bits per heavy atom. The number of tetrazole rings is 1. The maximum absolute atomic E-state index is 12.0. The van der Waals surface area contributed by atoms with Crippen molar-refractivity contribution in [3.05, 3.63) is 28.0 Å². The second-order valence-electron chi connectivity index (χ2n) is 4.88. The molecule has 0 radical (unpaired) electrons. The van der Waals surface area contributed by atoms with Crippen molar-refractivity contribution >= 4 is 17.2 Å². The second kappa shape index (κ2) is 5.58. The van der Waals surface area contributed by atoms with Crippen molar-refractivity contribution in [3.63, 3.8) is 0 Å². The Hall–Kier alpha value is -1.96. The van der Waals surface area contributed by atoms with Gasteiger partial charge in [0.2, 0.25) is 5.91 Å². The Morgan fingerprint density at radius 1 is 1.45 bits per heavy atom. The molecule has 0 spiro atoms. The van der Waals surface area contributed by atoms with Gasteiger partial charge in [-0.1, -0.05) is 6.42 Å². The molecule has 0 atom stereocenters. The number of nitrogens with zero attached hydrogens (tertiary/aromatic N) is 4. The van der Waals surface area contributed by atoms with Gasteiger partial charge >= 0.3 is 5.69 Å². The van der Waals surface area contributed by atoms with Gasteiger partial charge in [0.05, 0.1) is 0 Å². The summed E-state index contributed by atoms with van der Waals surface area (Å²) in [5, 5.41) is 12.9. The van der Waals surface area contributed by atoms with Crippen LogP contribution in [0.4, 0.5) is 0 Å². The summed E-state index contributed by atoms with van der Waals surface area (Å²) < 4.78 is 2.28. The predicted octanol–water partition coefficient (Wildman–Crippen LogP) is 0.407. The molecule has 0 unspecified atom stereocenters. The highest BCUT2D eigenvalue weighted by Gasteiger charge is 2.18. The average Bonchev–Trinajstić information content (AvgIpc) is 2.98. The summed E-state index contributed by atoms with van der Waals surface area (Å²) in [5.74, 6) is 0.398. The minimum atomic E-state index is -0.397. The molecule has 106 valence electrons. The molecule has 1 N–H and O–H groups in total. The number of hydrogen-bond donors (Lipinski definition) is 1. The molecule has 2 aromatic heterocycles. The molecule has 20 heavy (non-hydrogen) atoms. The van der Waals surface area contributed by atoms with Crippen molar-refractivity contribution < 1.29 is 4.79 Å². The number of rotatable bonds is 5. The van der Waals surface area contributed by atoms with Crippen molar-refractivity contribution in [2.45, 2.75) is 25.8 Å². The van der Waals surface area contributed by atoms with E-state index < -0.39 is 5.69 Å². The molecule has 8 heteroatoms. The van der Waals surface area contributed by atoms with E-state index in [0.29, 0.717) is 17.5 Å². The molecule has 1 saturated carbocycles. The molecule has 7 nitrogen and oxygen atoms in total. The first-order valence-corrected chi connectivity index (χ1v) is 7.45. The number of amides is 1. The van der Waals surface area contributed by atoms with E-state index in [0.717, 1.165) is 4.68 Å². The number of carbonyl (C=O) groups excluding carboxylic acids is 1. The fraction of sp³-hybridized carbons (Fsp3) is 0.500. The van der Waals surface area contributed by atoms with Crippen molar-refractivity contribution in [3.8, 4) is 5.00 Å². The second-order valence-corrected chi connectivity index (χ2v) is 5.81.